The minimum Gasteiger partial charge on any atom is -0.497 e. The van der Waals surface area contributed by atoms with Crippen LogP contribution in [-0.2, 0) is 12.8 Å². The molecule has 5 nitrogen and oxygen atoms in total. The molecule has 0 radical (unpaired) electrons. The quantitative estimate of drug-likeness (QED) is 0.530. The third-order valence-corrected chi connectivity index (χ3v) is 5.11. The molecule has 1 aromatic carbocycles. The van der Waals surface area contributed by atoms with Gasteiger partial charge in [0.2, 0.25) is 0 Å². The molecule has 1 aliphatic rings. The minimum absolute atomic E-state index is 0.537. The van der Waals surface area contributed by atoms with E-state index >= 15 is 0 Å². The van der Waals surface area contributed by atoms with E-state index in [1.165, 1.54) is 18.4 Å². The maximum atomic E-state index is 5.20. The van der Waals surface area contributed by atoms with Crippen molar-refractivity contribution in [1.29, 1.82) is 0 Å². The third-order valence-electron chi connectivity index (χ3n) is 4.05. The fourth-order valence-electron chi connectivity index (χ4n) is 2.52. The Kier molecular flexibility index (Phi) is 3.69. The van der Waals surface area contributed by atoms with E-state index < -0.39 is 0 Å². The molecule has 0 unspecified atom stereocenters. The van der Waals surface area contributed by atoms with Crippen LogP contribution in [0.4, 0.5) is 0 Å². The Morgan fingerprint density at radius 3 is 2.70 bits per heavy atom. The van der Waals surface area contributed by atoms with E-state index in [2.05, 4.69) is 17.2 Å². The zero-order chi connectivity index (χ0) is 15.8. The van der Waals surface area contributed by atoms with Crippen molar-refractivity contribution < 1.29 is 4.74 Å². The van der Waals surface area contributed by atoms with Crippen LogP contribution in [0, 0.1) is 0 Å². The maximum Gasteiger partial charge on any atom is 0.162 e. The molecule has 0 saturated heterocycles. The molecule has 0 bridgehead atoms. The number of rotatable bonds is 5. The van der Waals surface area contributed by atoms with Gasteiger partial charge in [0.15, 0.2) is 5.65 Å². The number of aryl methyl sites for hydroxylation is 1. The summed E-state index contributed by atoms with van der Waals surface area (Å²) in [6.45, 7) is 0. The Labute approximate surface area is 139 Å². The standard InChI is InChI=1S/C17H18N4OS/c1-21-16-14(9-18-21)17(20-15(19-16)12-5-6-12)23-10-11-3-7-13(22-2)8-4-11/h3-4,7-9,12H,5-6,10H2,1-2H3. The van der Waals surface area contributed by atoms with E-state index in [9.17, 15) is 0 Å². The molecule has 0 aliphatic heterocycles. The van der Waals surface area contributed by atoms with Crippen molar-refractivity contribution in [2.75, 3.05) is 7.11 Å². The van der Waals surface area contributed by atoms with Crippen molar-refractivity contribution in [2.45, 2.75) is 29.5 Å². The van der Waals surface area contributed by atoms with E-state index in [1.807, 2.05) is 30.1 Å². The van der Waals surface area contributed by atoms with Crippen LogP contribution in [-0.4, -0.2) is 26.9 Å². The van der Waals surface area contributed by atoms with Gasteiger partial charge in [0.25, 0.3) is 0 Å². The first-order valence-corrected chi connectivity index (χ1v) is 8.68. The topological polar surface area (TPSA) is 52.8 Å². The second-order valence-electron chi connectivity index (χ2n) is 5.80. The third kappa shape index (κ3) is 2.91. The zero-order valence-corrected chi connectivity index (χ0v) is 14.0. The van der Waals surface area contributed by atoms with Gasteiger partial charge in [-0.1, -0.05) is 12.1 Å². The number of benzene rings is 1. The molecule has 0 N–H and O–H groups in total. The van der Waals surface area contributed by atoms with Gasteiger partial charge in [-0.15, -0.1) is 11.8 Å². The van der Waals surface area contributed by atoms with Gasteiger partial charge in [-0.25, -0.2) is 9.97 Å². The lowest BCUT2D eigenvalue weighted by atomic mass is 10.2. The van der Waals surface area contributed by atoms with Crippen molar-refractivity contribution in [3.63, 3.8) is 0 Å². The summed E-state index contributed by atoms with van der Waals surface area (Å²) < 4.78 is 7.04. The van der Waals surface area contributed by atoms with Crippen molar-refractivity contribution >= 4 is 22.8 Å². The largest absolute Gasteiger partial charge is 0.497 e. The molecule has 3 aromatic rings. The lowest BCUT2D eigenvalue weighted by molar-refractivity contribution is 0.414. The average Bonchev–Trinajstić information content (AvgIpc) is 3.37. The minimum atomic E-state index is 0.537. The Morgan fingerprint density at radius 2 is 2.00 bits per heavy atom. The molecular weight excluding hydrogens is 308 g/mol. The van der Waals surface area contributed by atoms with Crippen LogP contribution in [0.3, 0.4) is 0 Å². The van der Waals surface area contributed by atoms with Gasteiger partial charge in [0, 0.05) is 18.7 Å². The van der Waals surface area contributed by atoms with Gasteiger partial charge in [-0.05, 0) is 30.5 Å². The smallest absolute Gasteiger partial charge is 0.162 e. The van der Waals surface area contributed by atoms with Crippen LogP contribution in [0.1, 0.15) is 30.1 Å². The summed E-state index contributed by atoms with van der Waals surface area (Å²) in [4.78, 5) is 9.49. The summed E-state index contributed by atoms with van der Waals surface area (Å²) in [7, 11) is 3.62. The first kappa shape index (κ1) is 14.5. The van der Waals surface area contributed by atoms with E-state index in [0.717, 1.165) is 33.4 Å². The SMILES string of the molecule is COc1ccc(CSc2nc(C3CC3)nc3c2cnn3C)cc1. The molecule has 0 atom stereocenters. The number of aromatic nitrogens is 4. The van der Waals surface area contributed by atoms with Crippen molar-refractivity contribution in [3.05, 3.63) is 41.9 Å². The van der Waals surface area contributed by atoms with Gasteiger partial charge in [-0.2, -0.15) is 5.10 Å². The van der Waals surface area contributed by atoms with Crippen LogP contribution >= 0.6 is 11.8 Å². The van der Waals surface area contributed by atoms with Crippen LogP contribution in [0.15, 0.2) is 35.5 Å². The number of methoxy groups -OCH3 is 1. The number of thioether (sulfide) groups is 1. The second-order valence-corrected chi connectivity index (χ2v) is 6.77. The fraction of sp³-hybridized carbons (Fsp3) is 0.353. The van der Waals surface area contributed by atoms with Crippen LogP contribution in [0.5, 0.6) is 5.75 Å². The summed E-state index contributed by atoms with van der Waals surface area (Å²) in [5, 5.41) is 6.41. The molecule has 118 valence electrons. The van der Waals surface area contributed by atoms with Crippen LogP contribution in [0.25, 0.3) is 11.0 Å². The molecule has 1 saturated carbocycles. The molecule has 4 rings (SSSR count). The maximum absolute atomic E-state index is 5.20. The average molecular weight is 326 g/mol. The van der Waals surface area contributed by atoms with Crippen LogP contribution in [0.2, 0.25) is 0 Å². The molecule has 1 fully saturated rings. The molecule has 2 aromatic heterocycles. The summed E-state index contributed by atoms with van der Waals surface area (Å²) in [6.07, 6.45) is 4.26. The highest BCUT2D eigenvalue weighted by atomic mass is 32.2. The Bertz CT molecular complexity index is 840. The number of ether oxygens (including phenoxy) is 1. The first-order chi connectivity index (χ1) is 11.2. The van der Waals surface area contributed by atoms with Gasteiger partial charge in [0.1, 0.15) is 16.6 Å². The van der Waals surface area contributed by atoms with E-state index in [0.29, 0.717) is 5.92 Å². The Morgan fingerprint density at radius 1 is 1.22 bits per heavy atom. The fourth-order valence-corrected chi connectivity index (χ4v) is 3.47. The Hall–Kier alpha value is -2.08. The van der Waals surface area contributed by atoms with E-state index in [-0.39, 0.29) is 0 Å². The van der Waals surface area contributed by atoms with Crippen molar-refractivity contribution in [3.8, 4) is 5.75 Å². The molecule has 0 amide bonds. The summed E-state index contributed by atoms with van der Waals surface area (Å²) >= 11 is 1.74. The Balaban J connectivity index is 1.62. The number of nitrogens with zero attached hydrogens (tertiary/aromatic N) is 4. The lowest BCUT2D eigenvalue weighted by Crippen LogP contribution is -1.99. The summed E-state index contributed by atoms with van der Waals surface area (Å²) in [6, 6.07) is 8.17. The van der Waals surface area contributed by atoms with Crippen molar-refractivity contribution in [1.82, 2.24) is 19.7 Å². The highest BCUT2D eigenvalue weighted by Crippen LogP contribution is 2.40. The van der Waals surface area contributed by atoms with E-state index in [4.69, 9.17) is 14.7 Å². The van der Waals surface area contributed by atoms with Gasteiger partial charge < -0.3 is 4.74 Å². The molecule has 2 heterocycles. The highest BCUT2D eigenvalue weighted by Gasteiger charge is 2.28. The predicted molar refractivity (Wildman–Crippen MR) is 90.8 cm³/mol. The summed E-state index contributed by atoms with van der Waals surface area (Å²) in [5.41, 5.74) is 2.18. The summed E-state index contributed by atoms with van der Waals surface area (Å²) in [5.74, 6) is 3.26. The lowest BCUT2D eigenvalue weighted by Gasteiger charge is -2.06. The van der Waals surface area contributed by atoms with Gasteiger partial charge >= 0.3 is 0 Å². The molecule has 23 heavy (non-hydrogen) atoms. The normalized spacial score (nSPS) is 14.3. The first-order valence-electron chi connectivity index (χ1n) is 7.70. The highest BCUT2D eigenvalue weighted by molar-refractivity contribution is 7.98. The number of fused-ring (bicyclic) bond motifs is 1. The monoisotopic (exact) mass is 326 g/mol. The van der Waals surface area contributed by atoms with E-state index in [1.54, 1.807) is 18.9 Å². The second kappa shape index (κ2) is 5.85. The number of hydrogen-bond donors (Lipinski definition) is 0. The van der Waals surface area contributed by atoms with Crippen molar-refractivity contribution in [2.24, 2.45) is 7.05 Å². The molecule has 6 heteroatoms. The molecule has 1 aliphatic carbocycles. The predicted octanol–water partition coefficient (Wildman–Crippen LogP) is 3.54. The molecule has 0 spiro atoms. The van der Waals surface area contributed by atoms with Gasteiger partial charge in [-0.3, -0.25) is 4.68 Å². The van der Waals surface area contributed by atoms with Gasteiger partial charge in [0.05, 0.1) is 18.7 Å². The zero-order valence-electron chi connectivity index (χ0n) is 13.2. The molecular formula is C17H18N4OS. The number of hydrogen-bond acceptors (Lipinski definition) is 5. The van der Waals surface area contributed by atoms with Crippen LogP contribution < -0.4 is 4.74 Å².